The second-order valence-corrected chi connectivity index (χ2v) is 13.1. The average molecular weight is 672 g/mol. The lowest BCUT2D eigenvalue weighted by Crippen LogP contribution is -2.39. The van der Waals surface area contributed by atoms with Crippen LogP contribution >= 0.6 is 11.8 Å². The number of imidazole rings is 1. The van der Waals surface area contributed by atoms with Crippen LogP contribution in [0.25, 0.3) is 11.2 Å². The zero-order valence-corrected chi connectivity index (χ0v) is 27.7. The number of fused-ring (bicyclic) bond motifs is 1. The van der Waals surface area contributed by atoms with Gasteiger partial charge >= 0.3 is 0 Å². The van der Waals surface area contributed by atoms with E-state index < -0.39 is 34.0 Å². The van der Waals surface area contributed by atoms with Gasteiger partial charge in [-0.05, 0) is 41.0 Å². The van der Waals surface area contributed by atoms with Gasteiger partial charge < -0.3 is 24.4 Å². The molecule has 6 rings (SSSR count). The summed E-state index contributed by atoms with van der Waals surface area (Å²) in [4.78, 5) is 36.3. The summed E-state index contributed by atoms with van der Waals surface area (Å²) in [6, 6.07) is 25.1. The number of H-pyrrole nitrogens is 1. The SMILES string of the molecule is COc1ccc(C(OC[C@H]2S[C@@H](n3cnc4c(=O)[nH]c(NC(=O)C(C)C)nc43)[C@H](O)[C@@H]2O)(c2ccccc2)c2ccc(OC)cc2)cc1. The summed E-state index contributed by atoms with van der Waals surface area (Å²) in [5.41, 5.74) is 1.06. The highest BCUT2D eigenvalue weighted by Gasteiger charge is 2.46. The lowest BCUT2D eigenvalue weighted by Gasteiger charge is -2.37. The Morgan fingerprint density at radius 3 is 2.08 bits per heavy atom. The number of ether oxygens (including phenoxy) is 3. The van der Waals surface area contributed by atoms with Crippen LogP contribution in [0.4, 0.5) is 5.95 Å². The molecule has 0 saturated carbocycles. The van der Waals surface area contributed by atoms with Crippen LogP contribution in [0.2, 0.25) is 0 Å². The molecule has 5 aromatic rings. The van der Waals surface area contributed by atoms with Gasteiger partial charge in [-0.3, -0.25) is 24.5 Å². The van der Waals surface area contributed by atoms with Gasteiger partial charge in [0.2, 0.25) is 11.9 Å². The van der Waals surface area contributed by atoms with Gasteiger partial charge in [0.05, 0.1) is 38.5 Å². The molecule has 1 saturated heterocycles. The molecule has 1 aliphatic heterocycles. The predicted molar refractivity (Wildman–Crippen MR) is 182 cm³/mol. The Kier molecular flexibility index (Phi) is 9.56. The van der Waals surface area contributed by atoms with E-state index in [1.54, 1.807) is 32.6 Å². The van der Waals surface area contributed by atoms with Crippen LogP contribution in [0.3, 0.4) is 0 Å². The zero-order chi connectivity index (χ0) is 34.0. The first-order valence-corrected chi connectivity index (χ1v) is 16.4. The van der Waals surface area contributed by atoms with Gasteiger partial charge in [0, 0.05) is 5.92 Å². The summed E-state index contributed by atoms with van der Waals surface area (Å²) in [7, 11) is 3.22. The minimum atomic E-state index is -1.25. The van der Waals surface area contributed by atoms with Crippen LogP contribution in [0.15, 0.2) is 90.0 Å². The van der Waals surface area contributed by atoms with Crippen LogP contribution < -0.4 is 20.3 Å². The van der Waals surface area contributed by atoms with Gasteiger partial charge in [-0.15, -0.1) is 11.8 Å². The average Bonchev–Trinajstić information content (AvgIpc) is 3.66. The van der Waals surface area contributed by atoms with Crippen molar-refractivity contribution in [2.24, 2.45) is 5.92 Å². The first-order valence-electron chi connectivity index (χ1n) is 15.4. The molecule has 48 heavy (non-hydrogen) atoms. The largest absolute Gasteiger partial charge is 0.497 e. The van der Waals surface area contributed by atoms with Crippen molar-refractivity contribution < 1.29 is 29.2 Å². The summed E-state index contributed by atoms with van der Waals surface area (Å²) in [5, 5.41) is 24.0. The highest BCUT2D eigenvalue weighted by molar-refractivity contribution is 8.00. The summed E-state index contributed by atoms with van der Waals surface area (Å²) < 4.78 is 19.4. The minimum absolute atomic E-state index is 0.0301. The number of aromatic amines is 1. The molecule has 3 aromatic carbocycles. The molecule has 13 heteroatoms. The van der Waals surface area contributed by atoms with E-state index in [-0.39, 0.29) is 35.5 Å². The fourth-order valence-electron chi connectivity index (χ4n) is 5.81. The third kappa shape index (κ3) is 6.17. The van der Waals surface area contributed by atoms with Crippen molar-refractivity contribution in [3.05, 3.63) is 112 Å². The lowest BCUT2D eigenvalue weighted by atomic mass is 9.80. The number of rotatable bonds is 11. The third-order valence-corrected chi connectivity index (χ3v) is 10.00. The van der Waals surface area contributed by atoms with E-state index in [9.17, 15) is 19.8 Å². The highest BCUT2D eigenvalue weighted by atomic mass is 32.2. The number of anilines is 1. The molecule has 2 aromatic heterocycles. The summed E-state index contributed by atoms with van der Waals surface area (Å²) in [6.45, 7) is 3.48. The minimum Gasteiger partial charge on any atom is -0.497 e. The maximum absolute atomic E-state index is 12.8. The number of hydrogen-bond donors (Lipinski definition) is 4. The fraction of sp³-hybridized carbons (Fsp3) is 0.314. The standard InChI is InChI=1S/C35H37N5O7S/c1-20(2)31(43)38-34-37-30-27(32(44)39-34)36-19-40(30)33-29(42)28(41)26(48-33)18-47-35(21-8-6-5-7-9-21,22-10-14-24(45-3)15-11-22)23-12-16-25(46-4)17-13-23/h5-17,19-20,26,28-29,33,41-42H,18H2,1-4H3,(H2,37,38,39,43,44)/t26-,28-,29-,33-/m1/s1. The molecule has 12 nitrogen and oxygen atoms in total. The molecule has 0 radical (unpaired) electrons. The number of methoxy groups -OCH3 is 2. The number of thioether (sulfide) groups is 1. The molecule has 1 fully saturated rings. The number of nitrogens with zero attached hydrogens (tertiary/aromatic N) is 3. The smallest absolute Gasteiger partial charge is 0.280 e. The molecular weight excluding hydrogens is 634 g/mol. The molecule has 0 spiro atoms. The van der Waals surface area contributed by atoms with Crippen LogP contribution in [-0.4, -0.2) is 73.9 Å². The molecule has 1 amide bonds. The van der Waals surface area contributed by atoms with Gasteiger partial charge in [0.1, 0.15) is 28.6 Å². The number of amides is 1. The highest BCUT2D eigenvalue weighted by Crippen LogP contribution is 2.46. The Balaban J connectivity index is 1.36. The van der Waals surface area contributed by atoms with Crippen molar-refractivity contribution in [1.29, 1.82) is 0 Å². The maximum Gasteiger partial charge on any atom is 0.280 e. The number of hydrogen-bond acceptors (Lipinski definition) is 10. The number of aliphatic hydroxyl groups is 2. The van der Waals surface area contributed by atoms with Crippen molar-refractivity contribution in [2.75, 3.05) is 26.1 Å². The topological polar surface area (TPSA) is 161 Å². The van der Waals surface area contributed by atoms with Crippen molar-refractivity contribution in [3.8, 4) is 11.5 Å². The normalized spacial score (nSPS) is 19.5. The molecule has 4 atom stereocenters. The Morgan fingerprint density at radius 2 is 1.52 bits per heavy atom. The van der Waals surface area contributed by atoms with Crippen molar-refractivity contribution in [1.82, 2.24) is 19.5 Å². The number of carbonyl (C=O) groups is 1. The van der Waals surface area contributed by atoms with Gasteiger partial charge in [-0.25, -0.2) is 4.98 Å². The molecule has 0 aliphatic carbocycles. The van der Waals surface area contributed by atoms with E-state index in [2.05, 4.69) is 20.3 Å². The van der Waals surface area contributed by atoms with E-state index in [1.165, 1.54) is 18.1 Å². The van der Waals surface area contributed by atoms with Gasteiger partial charge in [0.25, 0.3) is 5.56 Å². The number of benzene rings is 3. The molecule has 3 heterocycles. The first kappa shape index (κ1) is 33.2. The number of nitrogens with one attached hydrogen (secondary N) is 2. The molecule has 0 bridgehead atoms. The van der Waals surface area contributed by atoms with E-state index in [1.807, 2.05) is 78.9 Å². The number of aromatic nitrogens is 4. The van der Waals surface area contributed by atoms with Crippen LogP contribution in [0.1, 0.15) is 35.9 Å². The molecule has 4 N–H and O–H groups in total. The van der Waals surface area contributed by atoms with Crippen LogP contribution in [0.5, 0.6) is 11.5 Å². The van der Waals surface area contributed by atoms with E-state index in [0.717, 1.165) is 16.7 Å². The number of carbonyl (C=O) groups excluding carboxylic acids is 1. The second kappa shape index (κ2) is 13.8. The number of aliphatic hydroxyl groups excluding tert-OH is 2. The second-order valence-electron chi connectivity index (χ2n) is 11.7. The quantitative estimate of drug-likeness (QED) is 0.151. The first-order chi connectivity index (χ1) is 23.2. The fourth-order valence-corrected chi connectivity index (χ4v) is 7.24. The molecular formula is C35H37N5O7S. The van der Waals surface area contributed by atoms with Gasteiger partial charge in [0.15, 0.2) is 11.2 Å². The maximum atomic E-state index is 12.8. The van der Waals surface area contributed by atoms with Crippen molar-refractivity contribution in [3.63, 3.8) is 0 Å². The third-order valence-electron chi connectivity index (χ3n) is 8.45. The predicted octanol–water partition coefficient (Wildman–Crippen LogP) is 4.08. The van der Waals surface area contributed by atoms with E-state index in [0.29, 0.717) is 11.5 Å². The van der Waals surface area contributed by atoms with Crippen molar-refractivity contribution in [2.45, 2.75) is 42.3 Å². The summed E-state index contributed by atoms with van der Waals surface area (Å²) in [5.74, 6) is 0.697. The Hall–Kier alpha value is -4.69. The summed E-state index contributed by atoms with van der Waals surface area (Å²) >= 11 is 1.29. The van der Waals surface area contributed by atoms with Crippen molar-refractivity contribution >= 4 is 34.8 Å². The molecule has 250 valence electrons. The monoisotopic (exact) mass is 671 g/mol. The Morgan fingerprint density at radius 1 is 0.938 bits per heavy atom. The Bertz CT molecular complexity index is 1880. The Labute approximate surface area is 281 Å². The zero-order valence-electron chi connectivity index (χ0n) is 26.9. The van der Waals surface area contributed by atoms with Crippen LogP contribution in [0, 0.1) is 5.92 Å². The summed E-state index contributed by atoms with van der Waals surface area (Å²) in [6.07, 6.45) is -1.04. The lowest BCUT2D eigenvalue weighted by molar-refractivity contribution is -0.118. The van der Waals surface area contributed by atoms with E-state index >= 15 is 0 Å². The van der Waals surface area contributed by atoms with Gasteiger partial charge in [-0.1, -0.05) is 68.4 Å². The molecule has 0 unspecified atom stereocenters. The van der Waals surface area contributed by atoms with E-state index in [4.69, 9.17) is 14.2 Å². The van der Waals surface area contributed by atoms with Crippen LogP contribution in [-0.2, 0) is 15.1 Å². The van der Waals surface area contributed by atoms with Gasteiger partial charge in [-0.2, -0.15) is 4.98 Å². The molecule has 1 aliphatic rings.